The van der Waals surface area contributed by atoms with Gasteiger partial charge in [0.25, 0.3) is 11.8 Å². The van der Waals surface area contributed by atoms with Crippen LogP contribution in [0.15, 0.2) is 78.5 Å². The van der Waals surface area contributed by atoms with Crippen LogP contribution in [0.5, 0.6) is 17.2 Å². The molecular formula is C29H32N2O5. The van der Waals surface area contributed by atoms with Crippen LogP contribution in [0.1, 0.15) is 35.3 Å². The molecule has 0 saturated carbocycles. The van der Waals surface area contributed by atoms with Gasteiger partial charge in [0.2, 0.25) is 0 Å². The SMILES string of the molecule is COc1ccccc1OCCOc1ccc(/C=C(\NC(=O)c2ccc(C)cc2)C(=O)NC(C)C)cc1. The van der Waals surface area contributed by atoms with E-state index in [-0.39, 0.29) is 23.6 Å². The molecule has 0 heterocycles. The molecule has 188 valence electrons. The fraction of sp³-hybridized carbons (Fsp3) is 0.241. The molecule has 0 aliphatic heterocycles. The lowest BCUT2D eigenvalue weighted by Gasteiger charge is -2.13. The van der Waals surface area contributed by atoms with Crippen LogP contribution in [0, 0.1) is 6.92 Å². The van der Waals surface area contributed by atoms with Crippen molar-refractivity contribution in [3.05, 3.63) is 95.2 Å². The van der Waals surface area contributed by atoms with Crippen LogP contribution < -0.4 is 24.8 Å². The smallest absolute Gasteiger partial charge is 0.268 e. The van der Waals surface area contributed by atoms with Crippen LogP contribution in [0.25, 0.3) is 6.08 Å². The second-order valence-electron chi connectivity index (χ2n) is 8.42. The largest absolute Gasteiger partial charge is 0.493 e. The number of rotatable bonds is 11. The number of aryl methyl sites for hydroxylation is 1. The summed E-state index contributed by atoms with van der Waals surface area (Å²) in [7, 11) is 1.60. The molecule has 3 aromatic carbocycles. The van der Waals surface area contributed by atoms with E-state index in [0.29, 0.717) is 36.0 Å². The van der Waals surface area contributed by atoms with Crippen LogP contribution in [-0.2, 0) is 4.79 Å². The topological polar surface area (TPSA) is 85.9 Å². The van der Waals surface area contributed by atoms with E-state index >= 15 is 0 Å². The number of amides is 2. The zero-order chi connectivity index (χ0) is 25.9. The van der Waals surface area contributed by atoms with Crippen LogP contribution in [0.4, 0.5) is 0 Å². The Labute approximate surface area is 212 Å². The first-order valence-corrected chi connectivity index (χ1v) is 11.7. The number of para-hydroxylation sites is 2. The van der Waals surface area contributed by atoms with Gasteiger partial charge >= 0.3 is 0 Å². The molecule has 7 heteroatoms. The zero-order valence-corrected chi connectivity index (χ0v) is 21.0. The van der Waals surface area contributed by atoms with E-state index in [9.17, 15) is 9.59 Å². The summed E-state index contributed by atoms with van der Waals surface area (Å²) in [5.41, 5.74) is 2.43. The van der Waals surface area contributed by atoms with E-state index in [4.69, 9.17) is 14.2 Å². The molecule has 36 heavy (non-hydrogen) atoms. The van der Waals surface area contributed by atoms with Crippen molar-refractivity contribution >= 4 is 17.9 Å². The van der Waals surface area contributed by atoms with E-state index in [1.165, 1.54) is 0 Å². The first-order valence-electron chi connectivity index (χ1n) is 11.7. The van der Waals surface area contributed by atoms with Crippen molar-refractivity contribution in [2.24, 2.45) is 0 Å². The van der Waals surface area contributed by atoms with Crippen molar-refractivity contribution in [1.82, 2.24) is 10.6 Å². The summed E-state index contributed by atoms with van der Waals surface area (Å²) in [4.78, 5) is 25.5. The quantitative estimate of drug-likeness (QED) is 0.300. The molecule has 0 atom stereocenters. The number of methoxy groups -OCH3 is 1. The van der Waals surface area contributed by atoms with Crippen molar-refractivity contribution in [1.29, 1.82) is 0 Å². The Hall–Kier alpha value is -4.26. The monoisotopic (exact) mass is 488 g/mol. The normalized spacial score (nSPS) is 11.1. The molecular weight excluding hydrogens is 456 g/mol. The number of hydrogen-bond donors (Lipinski definition) is 2. The van der Waals surface area contributed by atoms with E-state index in [1.54, 1.807) is 37.5 Å². The summed E-state index contributed by atoms with van der Waals surface area (Å²) >= 11 is 0. The average molecular weight is 489 g/mol. The van der Waals surface area contributed by atoms with Crippen molar-refractivity contribution in [2.45, 2.75) is 26.8 Å². The van der Waals surface area contributed by atoms with Crippen LogP contribution in [0.3, 0.4) is 0 Å². The van der Waals surface area contributed by atoms with Gasteiger partial charge in [-0.15, -0.1) is 0 Å². The summed E-state index contributed by atoms with van der Waals surface area (Å²) in [6.07, 6.45) is 1.64. The molecule has 0 bridgehead atoms. The van der Waals surface area contributed by atoms with Crippen LogP contribution >= 0.6 is 0 Å². The Balaban J connectivity index is 1.63. The molecule has 0 aliphatic rings. The van der Waals surface area contributed by atoms with E-state index in [1.807, 2.05) is 69.3 Å². The van der Waals surface area contributed by atoms with E-state index in [2.05, 4.69) is 10.6 Å². The lowest BCUT2D eigenvalue weighted by atomic mass is 10.1. The molecule has 0 aromatic heterocycles. The standard InChI is InChI=1S/C29H32N2O5/c1-20(2)30-29(33)25(31-28(32)23-13-9-21(3)10-14-23)19-22-11-15-24(16-12-22)35-17-18-36-27-8-6-5-7-26(27)34-4/h5-16,19-20H,17-18H2,1-4H3,(H,30,33)(H,31,32)/b25-19-. The van der Waals surface area contributed by atoms with E-state index < -0.39 is 0 Å². The fourth-order valence-electron chi connectivity index (χ4n) is 3.27. The first-order chi connectivity index (χ1) is 17.4. The van der Waals surface area contributed by atoms with E-state index in [0.717, 1.165) is 11.1 Å². The predicted octanol–water partition coefficient (Wildman–Crippen LogP) is 4.76. The molecule has 2 amide bonds. The van der Waals surface area contributed by atoms with Crippen molar-refractivity contribution in [2.75, 3.05) is 20.3 Å². The number of ether oxygens (including phenoxy) is 3. The highest BCUT2D eigenvalue weighted by Gasteiger charge is 2.15. The highest BCUT2D eigenvalue weighted by atomic mass is 16.5. The second kappa shape index (κ2) is 13.0. The van der Waals surface area contributed by atoms with Gasteiger partial charge in [-0.2, -0.15) is 0 Å². The predicted molar refractivity (Wildman–Crippen MR) is 140 cm³/mol. The second-order valence-corrected chi connectivity index (χ2v) is 8.42. The Morgan fingerprint density at radius 2 is 1.50 bits per heavy atom. The highest BCUT2D eigenvalue weighted by molar-refractivity contribution is 6.05. The Morgan fingerprint density at radius 1 is 0.861 bits per heavy atom. The molecule has 0 aliphatic carbocycles. The van der Waals surface area contributed by atoms with Crippen molar-refractivity contribution in [3.8, 4) is 17.2 Å². The van der Waals surface area contributed by atoms with Gasteiger partial charge in [0.1, 0.15) is 24.7 Å². The number of nitrogens with one attached hydrogen (secondary N) is 2. The molecule has 0 fully saturated rings. The molecule has 0 spiro atoms. The highest BCUT2D eigenvalue weighted by Crippen LogP contribution is 2.25. The minimum absolute atomic E-state index is 0.0778. The molecule has 2 N–H and O–H groups in total. The lowest BCUT2D eigenvalue weighted by Crippen LogP contribution is -2.38. The van der Waals surface area contributed by atoms with Gasteiger partial charge in [-0.1, -0.05) is 42.0 Å². The van der Waals surface area contributed by atoms with Gasteiger partial charge in [-0.3, -0.25) is 9.59 Å². The molecule has 3 aromatic rings. The van der Waals surface area contributed by atoms with Gasteiger partial charge in [0.15, 0.2) is 11.5 Å². The number of benzene rings is 3. The number of carbonyl (C=O) groups is 2. The number of hydrogen-bond acceptors (Lipinski definition) is 5. The Morgan fingerprint density at radius 3 is 2.14 bits per heavy atom. The van der Waals surface area contributed by atoms with Crippen LogP contribution in [-0.4, -0.2) is 38.2 Å². The summed E-state index contributed by atoms with van der Waals surface area (Å²) in [5.74, 6) is 1.27. The molecule has 7 nitrogen and oxygen atoms in total. The maximum atomic E-state index is 12.7. The average Bonchev–Trinajstić information content (AvgIpc) is 2.87. The van der Waals surface area contributed by atoms with Gasteiger partial charge in [-0.05, 0) is 68.8 Å². The molecule has 0 unspecified atom stereocenters. The maximum absolute atomic E-state index is 12.7. The molecule has 3 rings (SSSR count). The van der Waals surface area contributed by atoms with Gasteiger partial charge in [0, 0.05) is 11.6 Å². The summed E-state index contributed by atoms with van der Waals surface area (Å²) in [6.45, 7) is 6.38. The Kier molecular flexibility index (Phi) is 9.51. The van der Waals surface area contributed by atoms with Gasteiger partial charge in [-0.25, -0.2) is 0 Å². The zero-order valence-electron chi connectivity index (χ0n) is 21.0. The lowest BCUT2D eigenvalue weighted by molar-refractivity contribution is -0.118. The summed E-state index contributed by atoms with van der Waals surface area (Å²) in [6, 6.07) is 21.8. The third kappa shape index (κ3) is 7.91. The fourth-order valence-corrected chi connectivity index (χ4v) is 3.27. The van der Waals surface area contributed by atoms with Gasteiger partial charge < -0.3 is 24.8 Å². The number of carbonyl (C=O) groups excluding carboxylic acids is 2. The van der Waals surface area contributed by atoms with Crippen molar-refractivity contribution < 1.29 is 23.8 Å². The van der Waals surface area contributed by atoms with Crippen molar-refractivity contribution in [3.63, 3.8) is 0 Å². The molecule has 0 radical (unpaired) electrons. The minimum atomic E-state index is -0.362. The minimum Gasteiger partial charge on any atom is -0.493 e. The Bertz CT molecular complexity index is 1190. The molecule has 0 saturated heterocycles. The first kappa shape index (κ1) is 26.3. The maximum Gasteiger partial charge on any atom is 0.268 e. The summed E-state index contributed by atoms with van der Waals surface area (Å²) < 4.78 is 16.7. The third-order valence-electron chi connectivity index (χ3n) is 5.10. The third-order valence-corrected chi connectivity index (χ3v) is 5.10. The summed E-state index contributed by atoms with van der Waals surface area (Å²) in [5, 5.41) is 5.57. The van der Waals surface area contributed by atoms with Crippen LogP contribution in [0.2, 0.25) is 0 Å². The van der Waals surface area contributed by atoms with Gasteiger partial charge in [0.05, 0.1) is 7.11 Å².